The van der Waals surface area contributed by atoms with Crippen LogP contribution < -0.4 is 10.1 Å². The molecule has 0 aliphatic rings. The largest absolute Gasteiger partial charge is 0.437 e. The number of ether oxygens (including phenoxy) is 1. The molecule has 1 N–H and O–H groups in total. The molecule has 0 bridgehead atoms. The third-order valence-electron chi connectivity index (χ3n) is 2.56. The molecule has 4 nitrogen and oxygen atoms in total. The molecule has 0 saturated carbocycles. The molecule has 1 aromatic heterocycles. The molecule has 18 heavy (non-hydrogen) atoms. The molecule has 0 unspecified atom stereocenters. The van der Waals surface area contributed by atoms with Gasteiger partial charge in [0.25, 0.3) is 0 Å². The van der Waals surface area contributed by atoms with Gasteiger partial charge in [0.1, 0.15) is 5.75 Å². The number of aromatic nitrogens is 2. The van der Waals surface area contributed by atoms with Crippen molar-refractivity contribution in [3.8, 4) is 11.6 Å². The first kappa shape index (κ1) is 12.5. The van der Waals surface area contributed by atoms with E-state index in [9.17, 15) is 0 Å². The second-order valence-electron chi connectivity index (χ2n) is 4.01. The minimum Gasteiger partial charge on any atom is -0.437 e. The van der Waals surface area contributed by atoms with Gasteiger partial charge in [0, 0.05) is 12.6 Å². The summed E-state index contributed by atoms with van der Waals surface area (Å²) in [6.07, 6.45) is 0. The standard InChI is InChI=1S/C14H17N3O/c1-3-15-10-12-8-9-14(17-16-12)18-13-7-5-4-6-11(13)2/h4-9,15H,3,10H2,1-2H3. The van der Waals surface area contributed by atoms with Crippen LogP contribution in [0, 0.1) is 6.92 Å². The Morgan fingerprint density at radius 3 is 2.61 bits per heavy atom. The second-order valence-corrected chi connectivity index (χ2v) is 4.01. The normalized spacial score (nSPS) is 10.3. The molecule has 94 valence electrons. The van der Waals surface area contributed by atoms with Gasteiger partial charge < -0.3 is 10.1 Å². The van der Waals surface area contributed by atoms with Crippen LogP contribution in [0.1, 0.15) is 18.2 Å². The van der Waals surface area contributed by atoms with Gasteiger partial charge >= 0.3 is 0 Å². The summed E-state index contributed by atoms with van der Waals surface area (Å²) in [5, 5.41) is 11.4. The van der Waals surface area contributed by atoms with Crippen molar-refractivity contribution in [3.05, 3.63) is 47.7 Å². The number of rotatable bonds is 5. The Balaban J connectivity index is 2.04. The Kier molecular flexibility index (Phi) is 4.25. The first-order valence-corrected chi connectivity index (χ1v) is 6.06. The zero-order valence-electron chi connectivity index (χ0n) is 10.7. The van der Waals surface area contributed by atoms with E-state index in [4.69, 9.17) is 4.74 Å². The third kappa shape index (κ3) is 3.28. The van der Waals surface area contributed by atoms with Gasteiger partial charge in [0.15, 0.2) is 0 Å². The molecular formula is C14H17N3O. The minimum absolute atomic E-state index is 0.518. The molecule has 0 fully saturated rings. The smallest absolute Gasteiger partial charge is 0.238 e. The molecule has 0 aliphatic heterocycles. The van der Waals surface area contributed by atoms with E-state index in [1.165, 1.54) is 0 Å². The zero-order valence-corrected chi connectivity index (χ0v) is 10.7. The summed E-state index contributed by atoms with van der Waals surface area (Å²) >= 11 is 0. The molecule has 0 amide bonds. The maximum atomic E-state index is 5.67. The van der Waals surface area contributed by atoms with Crippen molar-refractivity contribution in [2.24, 2.45) is 0 Å². The SMILES string of the molecule is CCNCc1ccc(Oc2ccccc2C)nn1. The van der Waals surface area contributed by atoms with Crippen molar-refractivity contribution in [2.75, 3.05) is 6.54 Å². The van der Waals surface area contributed by atoms with E-state index in [1.807, 2.05) is 43.3 Å². The maximum absolute atomic E-state index is 5.67. The highest BCUT2D eigenvalue weighted by atomic mass is 16.5. The molecular weight excluding hydrogens is 226 g/mol. The minimum atomic E-state index is 0.518. The molecule has 0 atom stereocenters. The fourth-order valence-electron chi connectivity index (χ4n) is 1.53. The second kappa shape index (κ2) is 6.12. The van der Waals surface area contributed by atoms with E-state index < -0.39 is 0 Å². The van der Waals surface area contributed by atoms with E-state index in [2.05, 4.69) is 22.4 Å². The van der Waals surface area contributed by atoms with Gasteiger partial charge in [0.2, 0.25) is 5.88 Å². The number of nitrogens with one attached hydrogen (secondary N) is 1. The van der Waals surface area contributed by atoms with E-state index in [-0.39, 0.29) is 0 Å². The predicted octanol–water partition coefficient (Wildman–Crippen LogP) is 2.69. The molecule has 0 saturated heterocycles. The van der Waals surface area contributed by atoms with E-state index in [0.29, 0.717) is 5.88 Å². The lowest BCUT2D eigenvalue weighted by atomic mass is 10.2. The van der Waals surface area contributed by atoms with Gasteiger partial charge in [0.05, 0.1) is 5.69 Å². The van der Waals surface area contributed by atoms with Crippen molar-refractivity contribution in [1.29, 1.82) is 0 Å². The number of hydrogen-bond donors (Lipinski definition) is 1. The van der Waals surface area contributed by atoms with Crippen molar-refractivity contribution < 1.29 is 4.74 Å². The summed E-state index contributed by atoms with van der Waals surface area (Å²) < 4.78 is 5.67. The number of hydrogen-bond acceptors (Lipinski definition) is 4. The number of para-hydroxylation sites is 1. The Morgan fingerprint density at radius 2 is 1.94 bits per heavy atom. The van der Waals surface area contributed by atoms with Crippen LogP contribution in [0.25, 0.3) is 0 Å². The highest BCUT2D eigenvalue weighted by molar-refractivity contribution is 5.34. The summed E-state index contributed by atoms with van der Waals surface area (Å²) in [5.41, 5.74) is 1.99. The lowest BCUT2D eigenvalue weighted by Crippen LogP contribution is -2.13. The highest BCUT2D eigenvalue weighted by Gasteiger charge is 2.02. The average Bonchev–Trinajstić information content (AvgIpc) is 2.41. The summed E-state index contributed by atoms with van der Waals surface area (Å²) in [5.74, 6) is 1.33. The van der Waals surface area contributed by atoms with Gasteiger partial charge in [-0.15, -0.1) is 5.10 Å². The number of nitrogens with zero attached hydrogens (tertiary/aromatic N) is 2. The Labute approximate surface area is 107 Å². The molecule has 2 rings (SSSR count). The van der Waals surface area contributed by atoms with Crippen LogP contribution in [-0.4, -0.2) is 16.7 Å². The Morgan fingerprint density at radius 1 is 1.11 bits per heavy atom. The van der Waals surface area contributed by atoms with Gasteiger partial charge in [-0.05, 0) is 31.2 Å². The Bertz CT molecular complexity index is 497. The lowest BCUT2D eigenvalue weighted by molar-refractivity contribution is 0.450. The van der Waals surface area contributed by atoms with Crippen LogP contribution in [0.2, 0.25) is 0 Å². The van der Waals surface area contributed by atoms with Crippen LogP contribution in [0.3, 0.4) is 0 Å². The maximum Gasteiger partial charge on any atom is 0.238 e. The molecule has 1 heterocycles. The lowest BCUT2D eigenvalue weighted by Gasteiger charge is -2.07. The Hall–Kier alpha value is -1.94. The van der Waals surface area contributed by atoms with Crippen molar-refractivity contribution in [3.63, 3.8) is 0 Å². The van der Waals surface area contributed by atoms with Gasteiger partial charge in [-0.25, -0.2) is 0 Å². The summed E-state index contributed by atoms with van der Waals surface area (Å²) in [6.45, 7) is 5.71. The summed E-state index contributed by atoms with van der Waals surface area (Å²) in [7, 11) is 0. The summed E-state index contributed by atoms with van der Waals surface area (Å²) in [4.78, 5) is 0. The first-order chi connectivity index (χ1) is 8.79. The molecule has 1 aromatic carbocycles. The van der Waals surface area contributed by atoms with Crippen LogP contribution in [-0.2, 0) is 6.54 Å². The first-order valence-electron chi connectivity index (χ1n) is 6.06. The zero-order chi connectivity index (χ0) is 12.8. The molecule has 4 heteroatoms. The van der Waals surface area contributed by atoms with Crippen molar-refractivity contribution >= 4 is 0 Å². The van der Waals surface area contributed by atoms with E-state index in [0.717, 1.165) is 30.1 Å². The summed E-state index contributed by atoms with van der Waals surface area (Å²) in [6, 6.07) is 11.6. The quantitative estimate of drug-likeness (QED) is 0.877. The average molecular weight is 243 g/mol. The molecule has 0 radical (unpaired) electrons. The topological polar surface area (TPSA) is 47.0 Å². The van der Waals surface area contributed by atoms with Crippen LogP contribution >= 0.6 is 0 Å². The van der Waals surface area contributed by atoms with Gasteiger partial charge in [-0.3, -0.25) is 0 Å². The highest BCUT2D eigenvalue weighted by Crippen LogP contribution is 2.22. The fraction of sp³-hybridized carbons (Fsp3) is 0.286. The fourth-order valence-corrected chi connectivity index (χ4v) is 1.53. The molecule has 2 aromatic rings. The van der Waals surface area contributed by atoms with Gasteiger partial charge in [-0.2, -0.15) is 5.10 Å². The van der Waals surface area contributed by atoms with Crippen molar-refractivity contribution in [2.45, 2.75) is 20.4 Å². The molecule has 0 aliphatic carbocycles. The van der Waals surface area contributed by atoms with Crippen LogP contribution in [0.5, 0.6) is 11.6 Å². The number of aryl methyl sites for hydroxylation is 1. The van der Waals surface area contributed by atoms with E-state index in [1.54, 1.807) is 0 Å². The number of benzene rings is 1. The monoisotopic (exact) mass is 243 g/mol. The van der Waals surface area contributed by atoms with E-state index >= 15 is 0 Å². The van der Waals surface area contributed by atoms with Crippen LogP contribution in [0.15, 0.2) is 36.4 Å². The van der Waals surface area contributed by atoms with Crippen LogP contribution in [0.4, 0.5) is 0 Å². The van der Waals surface area contributed by atoms with Crippen molar-refractivity contribution in [1.82, 2.24) is 15.5 Å². The molecule has 0 spiro atoms. The predicted molar refractivity (Wildman–Crippen MR) is 70.7 cm³/mol. The van der Waals surface area contributed by atoms with Gasteiger partial charge in [-0.1, -0.05) is 25.1 Å². The third-order valence-corrected chi connectivity index (χ3v) is 2.56.